The Morgan fingerprint density at radius 3 is 2.36 bits per heavy atom. The fourth-order valence-corrected chi connectivity index (χ4v) is 3.77. The lowest BCUT2D eigenvalue weighted by Gasteiger charge is -2.12. The summed E-state index contributed by atoms with van der Waals surface area (Å²) < 4.78 is 33.0. The third-order valence-corrected chi connectivity index (χ3v) is 5.29. The van der Waals surface area contributed by atoms with Crippen LogP contribution < -0.4 is 14.8 Å². The predicted octanol–water partition coefficient (Wildman–Crippen LogP) is 3.81. The van der Waals surface area contributed by atoms with Gasteiger partial charge in [0, 0.05) is 5.69 Å². The number of nitrogens with zero attached hydrogens (tertiary/aromatic N) is 2. The normalized spacial score (nSPS) is 10.8. The number of nitriles is 1. The number of aryl methyl sites for hydroxylation is 1. The summed E-state index contributed by atoms with van der Waals surface area (Å²) in [5.41, 5.74) is 2.84. The number of anilines is 3. The van der Waals surface area contributed by atoms with E-state index in [1.54, 1.807) is 61.5 Å². The van der Waals surface area contributed by atoms with Gasteiger partial charge in [0.15, 0.2) is 0 Å². The maximum atomic E-state index is 12.7. The van der Waals surface area contributed by atoms with Gasteiger partial charge in [0.1, 0.15) is 16.5 Å². The van der Waals surface area contributed by atoms with E-state index in [1.807, 2.05) is 0 Å². The molecule has 0 spiro atoms. The van der Waals surface area contributed by atoms with Gasteiger partial charge in [-0.05, 0) is 61.0 Å². The maximum Gasteiger partial charge on any atom is 0.266 e. The molecule has 3 aromatic rings. The molecule has 7 nitrogen and oxygen atoms in total. The summed E-state index contributed by atoms with van der Waals surface area (Å²) in [5.74, 6) is 0.450. The first-order valence-corrected chi connectivity index (χ1v) is 9.80. The Hall–Kier alpha value is -3.57. The van der Waals surface area contributed by atoms with E-state index in [9.17, 15) is 8.42 Å². The average molecular weight is 394 g/mol. The fraction of sp³-hybridized carbons (Fsp3) is 0.100. The van der Waals surface area contributed by atoms with Gasteiger partial charge in [-0.25, -0.2) is 13.4 Å². The van der Waals surface area contributed by atoms with Gasteiger partial charge in [0.05, 0.1) is 30.6 Å². The number of methoxy groups -OCH3 is 1. The second-order valence-electron chi connectivity index (χ2n) is 6.01. The molecule has 1 heterocycles. The first-order chi connectivity index (χ1) is 13.4. The highest BCUT2D eigenvalue weighted by Gasteiger charge is 2.20. The molecule has 0 fully saturated rings. The largest absolute Gasteiger partial charge is 0.495 e. The highest BCUT2D eigenvalue weighted by Crippen LogP contribution is 2.26. The minimum Gasteiger partial charge on any atom is -0.495 e. The average Bonchev–Trinajstić information content (AvgIpc) is 2.70. The summed E-state index contributed by atoms with van der Waals surface area (Å²) >= 11 is 0. The van der Waals surface area contributed by atoms with Gasteiger partial charge in [0.2, 0.25) is 0 Å². The van der Waals surface area contributed by atoms with Gasteiger partial charge in [0.25, 0.3) is 10.0 Å². The third kappa shape index (κ3) is 4.39. The van der Waals surface area contributed by atoms with Crippen LogP contribution in [0.3, 0.4) is 0 Å². The highest BCUT2D eigenvalue weighted by atomic mass is 32.2. The van der Waals surface area contributed by atoms with E-state index in [0.29, 0.717) is 11.3 Å². The summed E-state index contributed by atoms with van der Waals surface area (Å²) in [6, 6.07) is 17.2. The standard InChI is InChI=1S/C20H18N4O3S/c1-14-3-9-18(27-2)19(11-14)28(25,26)24-20-10-8-17(13-22-20)23-16-6-4-15(12-21)5-7-16/h3-11,13,23H,1-2H3,(H,22,24). The van der Waals surface area contributed by atoms with E-state index < -0.39 is 10.0 Å². The molecule has 0 saturated heterocycles. The molecule has 28 heavy (non-hydrogen) atoms. The Kier molecular flexibility index (Phi) is 5.47. The van der Waals surface area contributed by atoms with Crippen molar-refractivity contribution >= 4 is 27.2 Å². The van der Waals surface area contributed by atoms with Crippen molar-refractivity contribution in [3.05, 3.63) is 71.9 Å². The highest BCUT2D eigenvalue weighted by molar-refractivity contribution is 7.92. The lowest BCUT2D eigenvalue weighted by Crippen LogP contribution is -2.15. The molecule has 0 bridgehead atoms. The number of rotatable bonds is 6. The van der Waals surface area contributed by atoms with Crippen LogP contribution in [0.5, 0.6) is 5.75 Å². The Morgan fingerprint density at radius 1 is 1.04 bits per heavy atom. The minimum absolute atomic E-state index is 0.0524. The van der Waals surface area contributed by atoms with E-state index in [1.165, 1.54) is 13.3 Å². The van der Waals surface area contributed by atoms with Gasteiger partial charge in [-0.3, -0.25) is 4.72 Å². The summed E-state index contributed by atoms with van der Waals surface area (Å²) in [5, 5.41) is 12.0. The molecule has 0 aliphatic carbocycles. The smallest absolute Gasteiger partial charge is 0.266 e. The van der Waals surface area contributed by atoms with Gasteiger partial charge in [-0.15, -0.1) is 0 Å². The molecule has 0 radical (unpaired) electrons. The number of pyridine rings is 1. The third-order valence-electron chi connectivity index (χ3n) is 3.91. The Balaban J connectivity index is 1.76. The molecule has 0 unspecified atom stereocenters. The van der Waals surface area contributed by atoms with Crippen molar-refractivity contribution in [3.8, 4) is 11.8 Å². The monoisotopic (exact) mass is 394 g/mol. The van der Waals surface area contributed by atoms with Crippen molar-refractivity contribution in [2.45, 2.75) is 11.8 Å². The molecule has 8 heteroatoms. The molecule has 142 valence electrons. The summed E-state index contributed by atoms with van der Waals surface area (Å²) in [6.07, 6.45) is 1.52. The van der Waals surface area contributed by atoms with E-state index in [-0.39, 0.29) is 16.5 Å². The van der Waals surface area contributed by atoms with Crippen LogP contribution in [0, 0.1) is 18.3 Å². The first kappa shape index (κ1) is 19.2. The van der Waals surface area contributed by atoms with Crippen LogP contribution in [0.1, 0.15) is 11.1 Å². The lowest BCUT2D eigenvalue weighted by atomic mass is 10.2. The Morgan fingerprint density at radius 2 is 1.75 bits per heavy atom. The zero-order valence-electron chi connectivity index (χ0n) is 15.3. The molecule has 0 amide bonds. The SMILES string of the molecule is COc1ccc(C)cc1S(=O)(=O)Nc1ccc(Nc2ccc(C#N)cc2)cn1. The number of hydrogen-bond acceptors (Lipinski definition) is 6. The van der Waals surface area contributed by atoms with Crippen molar-refractivity contribution in [1.29, 1.82) is 5.26 Å². The van der Waals surface area contributed by atoms with Crippen LogP contribution in [0.4, 0.5) is 17.2 Å². The maximum absolute atomic E-state index is 12.7. The van der Waals surface area contributed by atoms with Gasteiger partial charge in [-0.1, -0.05) is 6.07 Å². The molecular weight excluding hydrogens is 376 g/mol. The van der Waals surface area contributed by atoms with Crippen molar-refractivity contribution < 1.29 is 13.2 Å². The molecule has 0 aliphatic rings. The number of aromatic nitrogens is 1. The number of hydrogen-bond donors (Lipinski definition) is 2. The van der Waals surface area contributed by atoms with E-state index >= 15 is 0 Å². The minimum atomic E-state index is -3.85. The number of benzene rings is 2. The predicted molar refractivity (Wildman–Crippen MR) is 107 cm³/mol. The van der Waals surface area contributed by atoms with E-state index in [4.69, 9.17) is 10.00 Å². The van der Waals surface area contributed by atoms with Gasteiger partial charge >= 0.3 is 0 Å². The number of ether oxygens (including phenoxy) is 1. The molecule has 1 aromatic heterocycles. The molecular formula is C20H18N4O3S. The quantitative estimate of drug-likeness (QED) is 0.659. The van der Waals surface area contributed by atoms with Gasteiger partial charge < -0.3 is 10.1 Å². The summed E-state index contributed by atoms with van der Waals surface area (Å²) in [4.78, 5) is 4.20. The van der Waals surface area contributed by atoms with Gasteiger partial charge in [-0.2, -0.15) is 5.26 Å². The summed E-state index contributed by atoms with van der Waals surface area (Å²) in [7, 11) is -2.42. The van der Waals surface area contributed by atoms with Crippen LogP contribution in [-0.2, 0) is 10.0 Å². The number of nitrogens with one attached hydrogen (secondary N) is 2. The first-order valence-electron chi connectivity index (χ1n) is 8.32. The van der Waals surface area contributed by atoms with E-state index in [0.717, 1.165) is 11.3 Å². The second kappa shape index (κ2) is 7.98. The molecule has 0 aliphatic heterocycles. The van der Waals surface area contributed by atoms with Crippen molar-refractivity contribution in [2.24, 2.45) is 0 Å². The van der Waals surface area contributed by atoms with Crippen LogP contribution in [0.2, 0.25) is 0 Å². The molecule has 0 saturated carbocycles. The zero-order chi connectivity index (χ0) is 20.1. The fourth-order valence-electron chi connectivity index (χ4n) is 2.51. The lowest BCUT2D eigenvalue weighted by molar-refractivity contribution is 0.402. The second-order valence-corrected chi connectivity index (χ2v) is 7.66. The Bertz CT molecular complexity index is 1120. The molecule has 0 atom stereocenters. The Labute approximate surface area is 163 Å². The molecule has 3 rings (SSSR count). The molecule has 2 N–H and O–H groups in total. The van der Waals surface area contributed by atoms with Crippen LogP contribution in [-0.4, -0.2) is 20.5 Å². The van der Waals surface area contributed by atoms with E-state index in [2.05, 4.69) is 21.1 Å². The summed E-state index contributed by atoms with van der Waals surface area (Å²) in [6.45, 7) is 1.81. The van der Waals surface area contributed by atoms with Crippen molar-refractivity contribution in [1.82, 2.24) is 4.98 Å². The van der Waals surface area contributed by atoms with Crippen LogP contribution >= 0.6 is 0 Å². The topological polar surface area (TPSA) is 104 Å². The van der Waals surface area contributed by atoms with Crippen LogP contribution in [0.15, 0.2) is 65.7 Å². The zero-order valence-corrected chi connectivity index (χ0v) is 16.1. The van der Waals surface area contributed by atoms with Crippen molar-refractivity contribution in [3.63, 3.8) is 0 Å². The molecule has 2 aromatic carbocycles. The van der Waals surface area contributed by atoms with Crippen molar-refractivity contribution in [2.75, 3.05) is 17.1 Å². The number of sulfonamides is 1. The van der Waals surface area contributed by atoms with Crippen LogP contribution in [0.25, 0.3) is 0 Å².